The summed E-state index contributed by atoms with van der Waals surface area (Å²) in [5, 5.41) is 9.59. The molecule has 146 valence electrons. The van der Waals surface area contributed by atoms with Gasteiger partial charge < -0.3 is 20.5 Å². The summed E-state index contributed by atoms with van der Waals surface area (Å²) in [6.07, 6.45) is 5.27. The fourth-order valence-corrected chi connectivity index (χ4v) is 2.65. The molecule has 1 aliphatic rings. The first-order valence-corrected chi connectivity index (χ1v) is 8.52. The Bertz CT molecular complexity index is 915. The highest BCUT2D eigenvalue weighted by molar-refractivity contribution is 6.31. The molecule has 2 aromatic carbocycles. The topological polar surface area (TPSA) is 92.9 Å². The number of rotatable bonds is 5. The van der Waals surface area contributed by atoms with E-state index in [2.05, 4.69) is 5.73 Å². The zero-order valence-corrected chi connectivity index (χ0v) is 15.5. The van der Waals surface area contributed by atoms with Gasteiger partial charge in [0.15, 0.2) is 0 Å². The molecule has 3 rings (SSSR count). The molecule has 0 unspecified atom stereocenters. The number of primary amides is 1. The molecule has 0 saturated carbocycles. The van der Waals surface area contributed by atoms with Crippen LogP contribution < -0.4 is 15.4 Å². The van der Waals surface area contributed by atoms with E-state index in [9.17, 15) is 14.3 Å². The third kappa shape index (κ3) is 5.59. The Morgan fingerprint density at radius 2 is 2.04 bits per heavy atom. The minimum atomic E-state index is -0.959. The van der Waals surface area contributed by atoms with Crippen molar-refractivity contribution in [3.8, 4) is 5.75 Å². The van der Waals surface area contributed by atoms with Crippen LogP contribution in [0, 0.1) is 5.82 Å². The summed E-state index contributed by atoms with van der Waals surface area (Å²) in [5.74, 6) is -0.787. The summed E-state index contributed by atoms with van der Waals surface area (Å²) in [6, 6.07) is 11.4. The highest BCUT2D eigenvalue weighted by Crippen LogP contribution is 2.31. The Morgan fingerprint density at radius 3 is 2.75 bits per heavy atom. The Kier molecular flexibility index (Phi) is 7.59. The number of halogens is 2. The molecular weight excluding hydrogens is 387 g/mol. The normalized spacial score (nSPS) is 12.5. The van der Waals surface area contributed by atoms with E-state index in [0.717, 1.165) is 5.69 Å². The Hall–Kier alpha value is -3.32. The molecule has 6 nitrogen and oxygen atoms in total. The van der Waals surface area contributed by atoms with Crippen LogP contribution in [-0.4, -0.2) is 24.0 Å². The summed E-state index contributed by atoms with van der Waals surface area (Å²) in [6.45, 7) is 0.333. The second kappa shape index (κ2) is 10.1. The molecule has 0 spiro atoms. The SMILES string of the molecule is NC=O.O=C(O)C1=CC=CN(c2ccccc2OCc2cc(F)ccc2Cl)C1. The third-order valence-corrected chi connectivity index (χ3v) is 4.11. The molecule has 0 bridgehead atoms. The molecule has 1 heterocycles. The predicted molar refractivity (Wildman–Crippen MR) is 105 cm³/mol. The van der Waals surface area contributed by atoms with E-state index in [-0.39, 0.29) is 31.0 Å². The lowest BCUT2D eigenvalue weighted by Crippen LogP contribution is -2.25. The van der Waals surface area contributed by atoms with Crippen molar-refractivity contribution < 1.29 is 23.8 Å². The monoisotopic (exact) mass is 404 g/mol. The maximum Gasteiger partial charge on any atom is 0.333 e. The van der Waals surface area contributed by atoms with Crippen LogP contribution in [0.5, 0.6) is 5.75 Å². The summed E-state index contributed by atoms with van der Waals surface area (Å²) in [4.78, 5) is 21.6. The number of hydrogen-bond acceptors (Lipinski definition) is 4. The maximum atomic E-state index is 13.4. The van der Waals surface area contributed by atoms with Crippen molar-refractivity contribution in [1.82, 2.24) is 0 Å². The first kappa shape index (κ1) is 21.0. The number of ether oxygens (including phenoxy) is 1. The Balaban J connectivity index is 0.000000878. The van der Waals surface area contributed by atoms with E-state index in [0.29, 0.717) is 16.3 Å². The lowest BCUT2D eigenvalue weighted by molar-refractivity contribution is -0.132. The minimum absolute atomic E-state index is 0.104. The Labute approximate surface area is 166 Å². The van der Waals surface area contributed by atoms with Gasteiger partial charge in [0.1, 0.15) is 18.2 Å². The van der Waals surface area contributed by atoms with Gasteiger partial charge in [0.2, 0.25) is 6.41 Å². The summed E-state index contributed by atoms with van der Waals surface area (Å²) >= 11 is 6.06. The van der Waals surface area contributed by atoms with Crippen molar-refractivity contribution in [1.29, 1.82) is 0 Å². The number of hydrogen-bond donors (Lipinski definition) is 2. The molecule has 1 aliphatic heterocycles. The first-order valence-electron chi connectivity index (χ1n) is 8.14. The van der Waals surface area contributed by atoms with Crippen molar-refractivity contribution in [2.75, 3.05) is 11.4 Å². The second-order valence-electron chi connectivity index (χ2n) is 5.59. The molecule has 1 amide bonds. The molecule has 0 aliphatic carbocycles. The zero-order valence-electron chi connectivity index (χ0n) is 14.7. The number of anilines is 1. The fourth-order valence-electron chi connectivity index (χ4n) is 2.48. The summed E-state index contributed by atoms with van der Waals surface area (Å²) in [7, 11) is 0. The number of para-hydroxylation sites is 2. The van der Waals surface area contributed by atoms with Crippen molar-refractivity contribution in [2.45, 2.75) is 6.61 Å². The second-order valence-corrected chi connectivity index (χ2v) is 6.00. The average Bonchev–Trinajstić information content (AvgIpc) is 2.69. The molecular formula is C20H18ClFN2O4. The number of carboxylic acids is 1. The van der Waals surface area contributed by atoms with Crippen LogP contribution in [0.4, 0.5) is 10.1 Å². The fraction of sp³-hybridized carbons (Fsp3) is 0.100. The number of aliphatic carboxylic acids is 1. The zero-order chi connectivity index (χ0) is 20.5. The number of nitrogens with zero attached hydrogens (tertiary/aromatic N) is 1. The quantitative estimate of drug-likeness (QED) is 0.744. The molecule has 0 atom stereocenters. The van der Waals surface area contributed by atoms with E-state index in [1.807, 2.05) is 18.2 Å². The van der Waals surface area contributed by atoms with Gasteiger partial charge in [0.05, 0.1) is 17.8 Å². The average molecular weight is 405 g/mol. The number of carboxylic acid groups (broad SMARTS) is 1. The van der Waals surface area contributed by atoms with Crippen LogP contribution in [0.3, 0.4) is 0 Å². The van der Waals surface area contributed by atoms with Gasteiger partial charge in [-0.3, -0.25) is 4.79 Å². The van der Waals surface area contributed by atoms with E-state index >= 15 is 0 Å². The first-order chi connectivity index (χ1) is 13.5. The summed E-state index contributed by atoms with van der Waals surface area (Å²) < 4.78 is 19.2. The lowest BCUT2D eigenvalue weighted by atomic mass is 10.1. The van der Waals surface area contributed by atoms with Crippen molar-refractivity contribution in [3.63, 3.8) is 0 Å². The van der Waals surface area contributed by atoms with Gasteiger partial charge in [-0.1, -0.05) is 23.7 Å². The van der Waals surface area contributed by atoms with Gasteiger partial charge in [-0.15, -0.1) is 0 Å². The van der Waals surface area contributed by atoms with E-state index in [1.54, 1.807) is 29.3 Å². The number of carbonyl (C=O) groups excluding carboxylic acids is 1. The van der Waals surface area contributed by atoms with Crippen molar-refractivity contribution >= 4 is 29.7 Å². The molecule has 0 aromatic heterocycles. The molecule has 3 N–H and O–H groups in total. The van der Waals surface area contributed by atoms with Gasteiger partial charge in [-0.2, -0.15) is 0 Å². The standard InChI is InChI=1S/C19H15ClFNO3.CH3NO/c20-16-8-7-15(21)10-14(16)12-25-18-6-2-1-5-17(18)22-9-3-4-13(11-22)19(23)24;2-1-3/h1-10H,11-12H2,(H,23,24);1H,(H2,2,3). The molecule has 0 fully saturated rings. The van der Waals surface area contributed by atoms with Crippen LogP contribution in [-0.2, 0) is 16.2 Å². The molecule has 2 aromatic rings. The van der Waals surface area contributed by atoms with Crippen LogP contribution in [0.2, 0.25) is 5.02 Å². The van der Waals surface area contributed by atoms with Gasteiger partial charge >= 0.3 is 5.97 Å². The largest absolute Gasteiger partial charge is 0.487 e. The van der Waals surface area contributed by atoms with Crippen molar-refractivity contribution in [3.05, 3.63) is 82.8 Å². The maximum absolute atomic E-state index is 13.4. The highest BCUT2D eigenvalue weighted by Gasteiger charge is 2.17. The van der Waals surface area contributed by atoms with Gasteiger partial charge in [0, 0.05) is 16.8 Å². The molecule has 8 heteroatoms. The van der Waals surface area contributed by atoms with Gasteiger partial charge in [-0.25, -0.2) is 9.18 Å². The predicted octanol–water partition coefficient (Wildman–Crippen LogP) is 3.50. The number of benzene rings is 2. The summed E-state index contributed by atoms with van der Waals surface area (Å²) in [5.41, 5.74) is 5.71. The lowest BCUT2D eigenvalue weighted by Gasteiger charge is -2.25. The minimum Gasteiger partial charge on any atom is -0.487 e. The third-order valence-electron chi connectivity index (χ3n) is 3.74. The smallest absolute Gasteiger partial charge is 0.333 e. The van der Waals surface area contributed by atoms with E-state index < -0.39 is 5.97 Å². The van der Waals surface area contributed by atoms with Crippen LogP contribution in [0.25, 0.3) is 0 Å². The van der Waals surface area contributed by atoms with Crippen LogP contribution >= 0.6 is 11.6 Å². The molecule has 0 radical (unpaired) electrons. The van der Waals surface area contributed by atoms with E-state index in [4.69, 9.17) is 21.1 Å². The van der Waals surface area contributed by atoms with Crippen molar-refractivity contribution in [2.24, 2.45) is 5.73 Å². The highest BCUT2D eigenvalue weighted by atomic mass is 35.5. The van der Waals surface area contributed by atoms with Gasteiger partial charge in [0.25, 0.3) is 0 Å². The molecule has 0 saturated heterocycles. The molecule has 28 heavy (non-hydrogen) atoms. The number of carbonyl (C=O) groups is 2. The number of nitrogens with two attached hydrogens (primary N) is 1. The number of allylic oxidation sites excluding steroid dienone is 2. The Morgan fingerprint density at radius 1 is 1.32 bits per heavy atom. The van der Waals surface area contributed by atoms with Crippen LogP contribution in [0.15, 0.2) is 66.4 Å². The van der Waals surface area contributed by atoms with Gasteiger partial charge in [-0.05, 0) is 42.5 Å². The van der Waals surface area contributed by atoms with E-state index in [1.165, 1.54) is 18.2 Å². The van der Waals surface area contributed by atoms with Crippen LogP contribution in [0.1, 0.15) is 5.56 Å². The number of amides is 1.